The van der Waals surface area contributed by atoms with Crippen molar-refractivity contribution in [1.82, 2.24) is 5.32 Å². The molecule has 1 aliphatic rings. The van der Waals surface area contributed by atoms with E-state index in [-0.39, 0.29) is 18.4 Å². The van der Waals surface area contributed by atoms with Crippen molar-refractivity contribution in [2.24, 2.45) is 0 Å². The molecule has 2 aromatic rings. The van der Waals surface area contributed by atoms with E-state index in [0.29, 0.717) is 24.0 Å². The SMILES string of the molecule is C[NH+](CC(=O)Nc1ccc(Oc2ccccc2)cc1)CC(=O)NC1CC1. The Kier molecular flexibility index (Phi) is 5.86. The van der Waals surface area contributed by atoms with E-state index in [1.807, 2.05) is 49.5 Å². The molecular formula is C20H24N3O3+. The lowest BCUT2D eigenvalue weighted by Crippen LogP contribution is -3.11. The Morgan fingerprint density at radius 3 is 2.23 bits per heavy atom. The van der Waals surface area contributed by atoms with Gasteiger partial charge in [0.2, 0.25) is 0 Å². The van der Waals surface area contributed by atoms with Gasteiger partial charge in [0.05, 0.1) is 7.05 Å². The van der Waals surface area contributed by atoms with Crippen LogP contribution in [0.25, 0.3) is 0 Å². The van der Waals surface area contributed by atoms with Crippen LogP contribution in [0.3, 0.4) is 0 Å². The number of rotatable bonds is 8. The van der Waals surface area contributed by atoms with Crippen molar-refractivity contribution >= 4 is 17.5 Å². The van der Waals surface area contributed by atoms with E-state index >= 15 is 0 Å². The van der Waals surface area contributed by atoms with Crippen LogP contribution in [0.2, 0.25) is 0 Å². The molecule has 136 valence electrons. The van der Waals surface area contributed by atoms with E-state index in [1.165, 1.54) is 0 Å². The Hall–Kier alpha value is -2.86. The van der Waals surface area contributed by atoms with Crippen LogP contribution in [0.15, 0.2) is 54.6 Å². The summed E-state index contributed by atoms with van der Waals surface area (Å²) in [5.41, 5.74) is 0.700. The second-order valence-electron chi connectivity index (χ2n) is 6.64. The molecule has 0 radical (unpaired) electrons. The molecule has 2 aromatic carbocycles. The molecule has 3 rings (SSSR count). The molecule has 0 saturated heterocycles. The second kappa shape index (κ2) is 8.49. The zero-order chi connectivity index (χ0) is 18.4. The van der Waals surface area contributed by atoms with Crippen LogP contribution >= 0.6 is 0 Å². The van der Waals surface area contributed by atoms with Gasteiger partial charge < -0.3 is 20.3 Å². The van der Waals surface area contributed by atoms with Gasteiger partial charge in [0.1, 0.15) is 11.5 Å². The minimum absolute atomic E-state index is 0.000198. The molecule has 3 N–H and O–H groups in total. The molecule has 0 aromatic heterocycles. The molecule has 26 heavy (non-hydrogen) atoms. The van der Waals surface area contributed by atoms with Gasteiger partial charge in [0.15, 0.2) is 13.1 Å². The van der Waals surface area contributed by atoms with Gasteiger partial charge >= 0.3 is 0 Å². The minimum Gasteiger partial charge on any atom is -0.457 e. The maximum absolute atomic E-state index is 12.1. The van der Waals surface area contributed by atoms with Crippen LogP contribution in [-0.2, 0) is 9.59 Å². The summed E-state index contributed by atoms with van der Waals surface area (Å²) in [4.78, 5) is 24.7. The Bertz CT molecular complexity index is 743. The molecule has 1 unspecified atom stereocenters. The number of nitrogens with one attached hydrogen (secondary N) is 3. The Labute approximate surface area is 153 Å². The number of carbonyl (C=O) groups excluding carboxylic acids is 2. The summed E-state index contributed by atoms with van der Waals surface area (Å²) in [6.07, 6.45) is 2.13. The third-order valence-corrected chi connectivity index (χ3v) is 3.98. The third-order valence-electron chi connectivity index (χ3n) is 3.98. The molecule has 0 heterocycles. The summed E-state index contributed by atoms with van der Waals surface area (Å²) in [5, 5.41) is 5.77. The van der Waals surface area contributed by atoms with Gasteiger partial charge in [-0.1, -0.05) is 18.2 Å². The number of ether oxygens (including phenoxy) is 1. The molecule has 6 heteroatoms. The number of hydrogen-bond acceptors (Lipinski definition) is 3. The van der Waals surface area contributed by atoms with E-state index in [9.17, 15) is 9.59 Å². The van der Waals surface area contributed by atoms with E-state index < -0.39 is 0 Å². The maximum Gasteiger partial charge on any atom is 0.279 e. The van der Waals surface area contributed by atoms with E-state index in [2.05, 4.69) is 10.6 Å². The molecule has 1 fully saturated rings. The normalized spacial score (nSPS) is 14.3. The van der Waals surface area contributed by atoms with Crippen molar-refractivity contribution < 1.29 is 19.2 Å². The fraction of sp³-hybridized carbons (Fsp3) is 0.300. The highest BCUT2D eigenvalue weighted by Gasteiger charge is 2.24. The first-order valence-corrected chi connectivity index (χ1v) is 8.82. The summed E-state index contributed by atoms with van der Waals surface area (Å²) in [7, 11) is 1.84. The monoisotopic (exact) mass is 354 g/mol. The smallest absolute Gasteiger partial charge is 0.279 e. The highest BCUT2D eigenvalue weighted by atomic mass is 16.5. The number of benzene rings is 2. The first kappa shape index (κ1) is 17.9. The van der Waals surface area contributed by atoms with Gasteiger partial charge in [-0.2, -0.15) is 0 Å². The number of quaternary nitrogens is 1. The first-order chi connectivity index (χ1) is 12.6. The highest BCUT2D eigenvalue weighted by molar-refractivity contribution is 5.91. The predicted octanol–water partition coefficient (Wildman–Crippen LogP) is 1.21. The lowest BCUT2D eigenvalue weighted by molar-refractivity contribution is -0.862. The number of para-hydroxylation sites is 1. The summed E-state index contributed by atoms with van der Waals surface area (Å²) < 4.78 is 5.72. The van der Waals surface area contributed by atoms with Crippen LogP contribution in [0.1, 0.15) is 12.8 Å². The summed E-state index contributed by atoms with van der Waals surface area (Å²) in [5.74, 6) is 1.34. The average Bonchev–Trinajstić information content (AvgIpc) is 3.41. The second-order valence-corrected chi connectivity index (χ2v) is 6.64. The number of anilines is 1. The topological polar surface area (TPSA) is 71.9 Å². The fourth-order valence-corrected chi connectivity index (χ4v) is 2.55. The molecule has 0 bridgehead atoms. The first-order valence-electron chi connectivity index (χ1n) is 8.82. The number of carbonyl (C=O) groups is 2. The minimum atomic E-state index is -0.126. The fourth-order valence-electron chi connectivity index (χ4n) is 2.55. The third kappa shape index (κ3) is 5.89. The van der Waals surface area contributed by atoms with Crippen molar-refractivity contribution in [3.05, 3.63) is 54.6 Å². The Morgan fingerprint density at radius 2 is 1.58 bits per heavy atom. The maximum atomic E-state index is 12.1. The largest absolute Gasteiger partial charge is 0.457 e. The summed E-state index contributed by atoms with van der Waals surface area (Å²) >= 11 is 0. The highest BCUT2D eigenvalue weighted by Crippen LogP contribution is 2.22. The number of hydrogen-bond donors (Lipinski definition) is 3. The van der Waals surface area contributed by atoms with E-state index in [4.69, 9.17) is 4.74 Å². The van der Waals surface area contributed by atoms with Gasteiger partial charge in [0.25, 0.3) is 11.8 Å². The number of amides is 2. The molecular weight excluding hydrogens is 330 g/mol. The lowest BCUT2D eigenvalue weighted by Gasteiger charge is -2.13. The van der Waals surface area contributed by atoms with Crippen molar-refractivity contribution in [3.8, 4) is 11.5 Å². The molecule has 1 atom stereocenters. The van der Waals surface area contributed by atoms with Crippen LogP contribution in [-0.4, -0.2) is 38.0 Å². The molecule has 1 saturated carbocycles. The van der Waals surface area contributed by atoms with Crippen LogP contribution in [0.4, 0.5) is 5.69 Å². The van der Waals surface area contributed by atoms with E-state index in [0.717, 1.165) is 23.5 Å². The quantitative estimate of drug-likeness (QED) is 0.667. The lowest BCUT2D eigenvalue weighted by atomic mass is 10.3. The van der Waals surface area contributed by atoms with Gasteiger partial charge in [0, 0.05) is 11.7 Å². The summed E-state index contributed by atoms with van der Waals surface area (Å²) in [6.45, 7) is 0.536. The predicted molar refractivity (Wildman–Crippen MR) is 99.4 cm³/mol. The van der Waals surface area contributed by atoms with Crippen molar-refractivity contribution in [1.29, 1.82) is 0 Å². The zero-order valence-electron chi connectivity index (χ0n) is 14.8. The van der Waals surface area contributed by atoms with Gasteiger partial charge in [-0.25, -0.2) is 0 Å². The van der Waals surface area contributed by atoms with E-state index in [1.54, 1.807) is 12.1 Å². The molecule has 1 aliphatic carbocycles. The molecule has 0 spiro atoms. The molecule has 0 aliphatic heterocycles. The van der Waals surface area contributed by atoms with Crippen molar-refractivity contribution in [3.63, 3.8) is 0 Å². The average molecular weight is 354 g/mol. The van der Waals surface area contributed by atoms with Crippen molar-refractivity contribution in [2.75, 3.05) is 25.5 Å². The van der Waals surface area contributed by atoms with Gasteiger partial charge in [-0.3, -0.25) is 9.59 Å². The number of likely N-dealkylation sites (N-methyl/N-ethyl adjacent to an activating group) is 1. The van der Waals surface area contributed by atoms with Crippen molar-refractivity contribution in [2.45, 2.75) is 18.9 Å². The van der Waals surface area contributed by atoms with Gasteiger partial charge in [-0.05, 0) is 49.2 Å². The molecule has 2 amide bonds. The van der Waals surface area contributed by atoms with Crippen LogP contribution in [0.5, 0.6) is 11.5 Å². The van der Waals surface area contributed by atoms with Gasteiger partial charge in [-0.15, -0.1) is 0 Å². The zero-order valence-corrected chi connectivity index (χ0v) is 14.8. The molecule has 6 nitrogen and oxygen atoms in total. The Balaban J connectivity index is 1.44. The summed E-state index contributed by atoms with van der Waals surface area (Å²) in [6, 6.07) is 17.1. The standard InChI is InChI=1S/C20H23N3O3/c1-23(13-19(24)21-15-7-8-15)14-20(25)22-16-9-11-18(12-10-16)26-17-5-3-2-4-6-17/h2-6,9-12,15H,7-8,13-14H2,1H3,(H,21,24)(H,22,25)/p+1. The van der Waals surface area contributed by atoms with Crippen LogP contribution < -0.4 is 20.3 Å². The Morgan fingerprint density at radius 1 is 0.962 bits per heavy atom. The van der Waals surface area contributed by atoms with Crippen LogP contribution in [0, 0.1) is 0 Å².